The van der Waals surface area contributed by atoms with Gasteiger partial charge in [0.25, 0.3) is 5.91 Å². The Morgan fingerprint density at radius 2 is 2.00 bits per heavy atom. The highest BCUT2D eigenvalue weighted by Gasteiger charge is 2.13. The molecule has 1 rings (SSSR count). The maximum Gasteiger partial charge on any atom is 0.255 e. The van der Waals surface area contributed by atoms with E-state index in [0.717, 1.165) is 6.26 Å². The van der Waals surface area contributed by atoms with Crippen molar-refractivity contribution in [3.63, 3.8) is 0 Å². The summed E-state index contributed by atoms with van der Waals surface area (Å²) in [7, 11) is -3.15. The highest BCUT2D eigenvalue weighted by molar-refractivity contribution is 7.90. The summed E-state index contributed by atoms with van der Waals surface area (Å²) in [6.07, 6.45) is 1.06. The third kappa shape index (κ3) is 3.95. The first kappa shape index (κ1) is 13.3. The van der Waals surface area contributed by atoms with E-state index in [9.17, 15) is 23.4 Å². The van der Waals surface area contributed by atoms with Gasteiger partial charge in [-0.25, -0.2) is 8.42 Å². The van der Waals surface area contributed by atoms with E-state index >= 15 is 0 Å². The van der Waals surface area contributed by atoms with Gasteiger partial charge in [0, 0.05) is 12.8 Å². The summed E-state index contributed by atoms with van der Waals surface area (Å²) < 4.78 is 21.7. The van der Waals surface area contributed by atoms with Crippen molar-refractivity contribution in [1.29, 1.82) is 0 Å². The van der Waals surface area contributed by atoms with Crippen LogP contribution in [0.3, 0.4) is 0 Å². The summed E-state index contributed by atoms with van der Waals surface area (Å²) >= 11 is 0. The molecule has 0 radical (unpaired) electrons. The number of carbonyl (C=O) groups is 1. The number of carbonyl (C=O) groups excluding carboxylic acids is 1. The quantitative estimate of drug-likeness (QED) is 0.654. The summed E-state index contributed by atoms with van der Waals surface area (Å²) in [5, 5.41) is 20.9. The lowest BCUT2D eigenvalue weighted by Gasteiger charge is -2.06. The molecule has 0 aromatic heterocycles. The van der Waals surface area contributed by atoms with Crippen LogP contribution in [0.5, 0.6) is 11.5 Å². The van der Waals surface area contributed by atoms with E-state index in [1.807, 2.05) is 0 Å². The molecule has 0 unspecified atom stereocenters. The van der Waals surface area contributed by atoms with Crippen LogP contribution in [0.25, 0.3) is 0 Å². The molecule has 6 nitrogen and oxygen atoms in total. The minimum atomic E-state index is -3.15. The summed E-state index contributed by atoms with van der Waals surface area (Å²) in [5.74, 6) is -1.75. The fourth-order valence-electron chi connectivity index (χ4n) is 1.16. The molecule has 0 spiro atoms. The van der Waals surface area contributed by atoms with Crippen LogP contribution in [0.1, 0.15) is 10.4 Å². The lowest BCUT2D eigenvalue weighted by Crippen LogP contribution is -2.28. The SMILES string of the molecule is CS(=O)(=O)CCNC(=O)c1cccc(O)c1O. The number of rotatable bonds is 4. The minimum Gasteiger partial charge on any atom is -0.504 e. The van der Waals surface area contributed by atoms with E-state index in [0.29, 0.717) is 0 Å². The lowest BCUT2D eigenvalue weighted by atomic mass is 10.2. The number of amides is 1. The van der Waals surface area contributed by atoms with Crippen molar-refractivity contribution in [2.24, 2.45) is 0 Å². The Labute approximate surface area is 98.8 Å². The number of sulfone groups is 1. The van der Waals surface area contributed by atoms with Crippen LogP contribution >= 0.6 is 0 Å². The molecule has 0 saturated carbocycles. The highest BCUT2D eigenvalue weighted by atomic mass is 32.2. The first-order valence-electron chi connectivity index (χ1n) is 4.78. The largest absolute Gasteiger partial charge is 0.504 e. The van der Waals surface area contributed by atoms with Crippen LogP contribution in [-0.4, -0.2) is 43.1 Å². The minimum absolute atomic E-state index is 0.0488. The Morgan fingerprint density at radius 1 is 1.35 bits per heavy atom. The van der Waals surface area contributed by atoms with Gasteiger partial charge in [0.2, 0.25) is 0 Å². The van der Waals surface area contributed by atoms with Crippen LogP contribution in [0.2, 0.25) is 0 Å². The van der Waals surface area contributed by atoms with E-state index < -0.39 is 27.2 Å². The van der Waals surface area contributed by atoms with Crippen LogP contribution in [0, 0.1) is 0 Å². The maximum atomic E-state index is 11.5. The second-order valence-corrected chi connectivity index (χ2v) is 5.82. The summed E-state index contributed by atoms with van der Waals surface area (Å²) in [6.45, 7) is -0.0488. The molecule has 0 aliphatic carbocycles. The molecule has 0 bridgehead atoms. The van der Waals surface area contributed by atoms with Crippen LogP contribution in [0.15, 0.2) is 18.2 Å². The average Bonchev–Trinajstić information content (AvgIpc) is 2.20. The molecule has 1 aromatic rings. The number of hydrogen-bond acceptors (Lipinski definition) is 5. The number of benzene rings is 1. The molecule has 0 aliphatic rings. The molecule has 3 N–H and O–H groups in total. The molecule has 1 amide bonds. The molecule has 94 valence electrons. The van der Waals surface area contributed by atoms with Crippen molar-refractivity contribution in [2.45, 2.75) is 0 Å². The number of nitrogens with one attached hydrogen (secondary N) is 1. The van der Waals surface area contributed by atoms with Crippen molar-refractivity contribution < 1.29 is 23.4 Å². The van der Waals surface area contributed by atoms with Crippen molar-refractivity contribution in [3.8, 4) is 11.5 Å². The van der Waals surface area contributed by atoms with E-state index in [4.69, 9.17) is 0 Å². The van der Waals surface area contributed by atoms with Crippen LogP contribution in [-0.2, 0) is 9.84 Å². The second kappa shape index (κ2) is 5.05. The van der Waals surface area contributed by atoms with Gasteiger partial charge < -0.3 is 15.5 Å². The van der Waals surface area contributed by atoms with Gasteiger partial charge in [-0.1, -0.05) is 6.07 Å². The highest BCUT2D eigenvalue weighted by Crippen LogP contribution is 2.27. The van der Waals surface area contributed by atoms with Crippen molar-refractivity contribution in [2.75, 3.05) is 18.6 Å². The van der Waals surface area contributed by atoms with Gasteiger partial charge in [-0.2, -0.15) is 0 Å². The van der Waals surface area contributed by atoms with Crippen LogP contribution in [0.4, 0.5) is 0 Å². The van der Waals surface area contributed by atoms with E-state index in [1.165, 1.54) is 18.2 Å². The Morgan fingerprint density at radius 3 is 2.59 bits per heavy atom. The fraction of sp³-hybridized carbons (Fsp3) is 0.300. The Hall–Kier alpha value is -1.76. The summed E-state index contributed by atoms with van der Waals surface area (Å²) in [6, 6.07) is 3.97. The van der Waals surface area contributed by atoms with Gasteiger partial charge in [-0.3, -0.25) is 4.79 Å². The first-order valence-corrected chi connectivity index (χ1v) is 6.84. The zero-order chi connectivity index (χ0) is 13.1. The van der Waals surface area contributed by atoms with Gasteiger partial charge >= 0.3 is 0 Å². The molecule has 0 heterocycles. The molecule has 0 fully saturated rings. The van der Waals surface area contributed by atoms with Gasteiger partial charge in [-0.15, -0.1) is 0 Å². The monoisotopic (exact) mass is 259 g/mol. The molecule has 0 aliphatic heterocycles. The number of aromatic hydroxyl groups is 2. The predicted octanol–water partition coefficient (Wildman–Crippen LogP) is -0.128. The van der Waals surface area contributed by atoms with Gasteiger partial charge in [0.05, 0.1) is 11.3 Å². The normalized spacial score (nSPS) is 11.1. The molecule has 1 aromatic carbocycles. The Balaban J connectivity index is 2.68. The van der Waals surface area contributed by atoms with Crippen LogP contribution < -0.4 is 5.32 Å². The number of hydrogen-bond donors (Lipinski definition) is 3. The third-order valence-electron chi connectivity index (χ3n) is 2.02. The zero-order valence-corrected chi connectivity index (χ0v) is 9.99. The number of para-hydroxylation sites is 1. The standard InChI is InChI=1S/C10H13NO5S/c1-17(15,16)6-5-11-10(14)7-3-2-4-8(12)9(7)13/h2-4,12-13H,5-6H2,1H3,(H,11,14). The average molecular weight is 259 g/mol. The Kier molecular flexibility index (Phi) is 3.95. The van der Waals surface area contributed by atoms with Gasteiger partial charge in [0.15, 0.2) is 11.5 Å². The summed E-state index contributed by atoms with van der Waals surface area (Å²) in [5.41, 5.74) is -0.0986. The fourth-order valence-corrected chi connectivity index (χ4v) is 1.63. The van der Waals surface area contributed by atoms with Crippen molar-refractivity contribution >= 4 is 15.7 Å². The van der Waals surface area contributed by atoms with Crippen molar-refractivity contribution in [1.82, 2.24) is 5.32 Å². The molecular weight excluding hydrogens is 246 g/mol. The second-order valence-electron chi connectivity index (χ2n) is 3.56. The van der Waals surface area contributed by atoms with E-state index in [2.05, 4.69) is 5.32 Å². The van der Waals surface area contributed by atoms with Gasteiger partial charge in [0.1, 0.15) is 9.84 Å². The first-order chi connectivity index (χ1) is 7.81. The molecule has 7 heteroatoms. The third-order valence-corrected chi connectivity index (χ3v) is 2.96. The molecule has 0 saturated heterocycles. The summed E-state index contributed by atoms with van der Waals surface area (Å²) in [4.78, 5) is 11.5. The number of phenolic OH excluding ortho intramolecular Hbond substituents is 2. The topological polar surface area (TPSA) is 104 Å². The number of phenols is 2. The predicted molar refractivity (Wildman–Crippen MR) is 61.8 cm³/mol. The van der Waals surface area contributed by atoms with Gasteiger partial charge in [-0.05, 0) is 12.1 Å². The van der Waals surface area contributed by atoms with E-state index in [-0.39, 0.29) is 17.9 Å². The zero-order valence-electron chi connectivity index (χ0n) is 9.17. The smallest absolute Gasteiger partial charge is 0.255 e. The van der Waals surface area contributed by atoms with Crippen molar-refractivity contribution in [3.05, 3.63) is 23.8 Å². The lowest BCUT2D eigenvalue weighted by molar-refractivity contribution is 0.0953. The maximum absolute atomic E-state index is 11.5. The molecule has 17 heavy (non-hydrogen) atoms. The Bertz CT molecular complexity index is 523. The molecule has 0 atom stereocenters. The van der Waals surface area contributed by atoms with E-state index in [1.54, 1.807) is 0 Å². The molecular formula is C10H13NO5S.